The Hall–Kier alpha value is -3.26. The molecule has 0 fully saturated rings. The topological polar surface area (TPSA) is 60.3 Å². The zero-order valence-electron chi connectivity index (χ0n) is 13.9. The third-order valence-electron chi connectivity index (χ3n) is 4.09. The van der Waals surface area contributed by atoms with Crippen LogP contribution in [0.2, 0.25) is 0 Å². The molecule has 0 bridgehead atoms. The minimum atomic E-state index is -0.372. The summed E-state index contributed by atoms with van der Waals surface area (Å²) in [6, 6.07) is 10.8. The first-order valence-electron chi connectivity index (χ1n) is 8.03. The number of terminal acetylenes is 1. The number of fused-ring (bicyclic) bond motifs is 1. The molecule has 126 valence electrons. The summed E-state index contributed by atoms with van der Waals surface area (Å²) in [6.45, 7) is 2.18. The SMILES string of the molecule is C#CCn1c(C(=O)Nc2ccccc2)cc2c(c1=O)COC=C2CC. The van der Waals surface area contributed by atoms with Crippen molar-refractivity contribution in [2.75, 3.05) is 5.32 Å². The van der Waals surface area contributed by atoms with Crippen LogP contribution in [0.15, 0.2) is 47.5 Å². The van der Waals surface area contributed by atoms with Crippen molar-refractivity contribution in [3.63, 3.8) is 0 Å². The first kappa shape index (κ1) is 16.6. The molecule has 1 aliphatic rings. The van der Waals surface area contributed by atoms with E-state index in [-0.39, 0.29) is 30.3 Å². The number of ether oxygens (including phenoxy) is 1. The number of aromatic nitrogens is 1. The van der Waals surface area contributed by atoms with Crippen LogP contribution in [0.1, 0.15) is 35.0 Å². The van der Waals surface area contributed by atoms with Gasteiger partial charge in [-0.2, -0.15) is 0 Å². The molecule has 2 heterocycles. The molecule has 1 aliphatic heterocycles. The van der Waals surface area contributed by atoms with Gasteiger partial charge >= 0.3 is 0 Å². The predicted octanol–water partition coefficient (Wildman–Crippen LogP) is 3.01. The molecule has 1 N–H and O–H groups in total. The molecule has 0 atom stereocenters. The second-order valence-corrected chi connectivity index (χ2v) is 5.65. The van der Waals surface area contributed by atoms with Crippen LogP contribution >= 0.6 is 0 Å². The van der Waals surface area contributed by atoms with Crippen LogP contribution in [0.4, 0.5) is 5.69 Å². The lowest BCUT2D eigenvalue weighted by Gasteiger charge is -2.20. The number of hydrogen-bond donors (Lipinski definition) is 1. The Morgan fingerprint density at radius 1 is 1.36 bits per heavy atom. The summed E-state index contributed by atoms with van der Waals surface area (Å²) < 4.78 is 6.70. The zero-order valence-corrected chi connectivity index (χ0v) is 13.9. The predicted molar refractivity (Wildman–Crippen MR) is 97.0 cm³/mol. The number of amides is 1. The highest BCUT2D eigenvalue weighted by molar-refractivity contribution is 6.03. The molecule has 2 aromatic rings. The number of carbonyl (C=O) groups excluding carboxylic acids is 1. The molecule has 1 aromatic carbocycles. The molecule has 0 unspecified atom stereocenters. The van der Waals surface area contributed by atoms with Gasteiger partial charge in [-0.1, -0.05) is 31.0 Å². The van der Waals surface area contributed by atoms with Gasteiger partial charge in [0.25, 0.3) is 11.5 Å². The molecular formula is C20H18N2O3. The highest BCUT2D eigenvalue weighted by Gasteiger charge is 2.23. The number of pyridine rings is 1. The molecular weight excluding hydrogens is 316 g/mol. The summed E-state index contributed by atoms with van der Waals surface area (Å²) in [5.41, 5.74) is 2.79. The van der Waals surface area contributed by atoms with Gasteiger partial charge in [-0.25, -0.2) is 0 Å². The van der Waals surface area contributed by atoms with E-state index < -0.39 is 0 Å². The average Bonchev–Trinajstić information content (AvgIpc) is 2.64. The molecule has 0 saturated heterocycles. The number of nitrogens with one attached hydrogen (secondary N) is 1. The fourth-order valence-corrected chi connectivity index (χ4v) is 2.83. The average molecular weight is 334 g/mol. The van der Waals surface area contributed by atoms with Crippen molar-refractivity contribution in [3.05, 3.63) is 69.8 Å². The van der Waals surface area contributed by atoms with Crippen LogP contribution < -0.4 is 10.9 Å². The first-order valence-corrected chi connectivity index (χ1v) is 8.03. The monoisotopic (exact) mass is 334 g/mol. The van der Waals surface area contributed by atoms with Crippen molar-refractivity contribution in [3.8, 4) is 12.3 Å². The fraction of sp³-hybridized carbons (Fsp3) is 0.200. The van der Waals surface area contributed by atoms with Gasteiger partial charge in [0.2, 0.25) is 0 Å². The summed E-state index contributed by atoms with van der Waals surface area (Å²) in [7, 11) is 0. The van der Waals surface area contributed by atoms with Crippen LogP contribution in [0.3, 0.4) is 0 Å². The van der Waals surface area contributed by atoms with E-state index in [4.69, 9.17) is 11.2 Å². The van der Waals surface area contributed by atoms with Gasteiger partial charge in [0, 0.05) is 5.69 Å². The van der Waals surface area contributed by atoms with E-state index >= 15 is 0 Å². The molecule has 5 nitrogen and oxygen atoms in total. The Balaban J connectivity index is 2.10. The second kappa shape index (κ2) is 7.10. The molecule has 25 heavy (non-hydrogen) atoms. The van der Waals surface area contributed by atoms with Crippen molar-refractivity contribution in [2.45, 2.75) is 26.5 Å². The van der Waals surface area contributed by atoms with Crippen LogP contribution in [-0.4, -0.2) is 10.5 Å². The fourth-order valence-electron chi connectivity index (χ4n) is 2.83. The minimum Gasteiger partial charge on any atom is -0.496 e. The third-order valence-corrected chi connectivity index (χ3v) is 4.09. The van der Waals surface area contributed by atoms with Gasteiger partial charge in [0.1, 0.15) is 12.3 Å². The summed E-state index contributed by atoms with van der Waals surface area (Å²) in [5.74, 6) is 2.07. The number of anilines is 1. The number of allylic oxidation sites excluding steroid dienone is 1. The molecule has 1 amide bonds. The maximum Gasteiger partial charge on any atom is 0.272 e. The first-order chi connectivity index (χ1) is 12.2. The van der Waals surface area contributed by atoms with Crippen molar-refractivity contribution >= 4 is 17.2 Å². The summed E-state index contributed by atoms with van der Waals surface area (Å²) in [5, 5.41) is 2.81. The maximum absolute atomic E-state index is 12.8. The number of rotatable bonds is 4. The summed E-state index contributed by atoms with van der Waals surface area (Å²) in [6.07, 6.45) is 7.74. The van der Waals surface area contributed by atoms with Crippen molar-refractivity contribution in [1.29, 1.82) is 0 Å². The molecule has 3 rings (SSSR count). The Bertz CT molecular complexity index is 934. The molecule has 0 spiro atoms. The molecule has 0 saturated carbocycles. The van der Waals surface area contributed by atoms with Crippen LogP contribution in [0, 0.1) is 12.3 Å². The van der Waals surface area contributed by atoms with Crippen molar-refractivity contribution in [1.82, 2.24) is 4.57 Å². The van der Waals surface area contributed by atoms with Gasteiger partial charge in [-0.05, 0) is 35.8 Å². The van der Waals surface area contributed by atoms with Gasteiger partial charge in [-0.15, -0.1) is 6.42 Å². The zero-order chi connectivity index (χ0) is 17.8. The van der Waals surface area contributed by atoms with E-state index in [1.165, 1.54) is 4.57 Å². The maximum atomic E-state index is 12.8. The van der Waals surface area contributed by atoms with E-state index in [0.717, 1.165) is 11.1 Å². The lowest BCUT2D eigenvalue weighted by molar-refractivity contribution is 0.101. The van der Waals surface area contributed by atoms with Crippen LogP contribution in [0.25, 0.3) is 5.57 Å². The Morgan fingerprint density at radius 3 is 2.80 bits per heavy atom. The number of benzene rings is 1. The Morgan fingerprint density at radius 2 is 2.12 bits per heavy atom. The van der Waals surface area contributed by atoms with E-state index in [1.807, 2.05) is 25.1 Å². The van der Waals surface area contributed by atoms with Crippen molar-refractivity contribution < 1.29 is 9.53 Å². The highest BCUT2D eigenvalue weighted by Crippen LogP contribution is 2.26. The lowest BCUT2D eigenvalue weighted by atomic mass is 9.97. The molecule has 5 heteroatoms. The van der Waals surface area contributed by atoms with Crippen molar-refractivity contribution in [2.24, 2.45) is 0 Å². The minimum absolute atomic E-state index is 0.0226. The van der Waals surface area contributed by atoms with E-state index in [9.17, 15) is 9.59 Å². The summed E-state index contributed by atoms with van der Waals surface area (Å²) >= 11 is 0. The summed E-state index contributed by atoms with van der Waals surface area (Å²) in [4.78, 5) is 25.6. The highest BCUT2D eigenvalue weighted by atomic mass is 16.5. The molecule has 0 aliphatic carbocycles. The third kappa shape index (κ3) is 3.20. The van der Waals surface area contributed by atoms with Gasteiger partial charge < -0.3 is 10.1 Å². The van der Waals surface area contributed by atoms with Gasteiger partial charge in [0.05, 0.1) is 18.4 Å². The normalized spacial score (nSPS) is 12.4. The number of para-hydroxylation sites is 1. The Kier molecular flexibility index (Phi) is 4.71. The number of nitrogens with zero attached hydrogens (tertiary/aromatic N) is 1. The molecule has 0 radical (unpaired) electrons. The van der Waals surface area contributed by atoms with Gasteiger partial charge in [-0.3, -0.25) is 14.2 Å². The van der Waals surface area contributed by atoms with Crippen LogP contribution in [-0.2, 0) is 17.9 Å². The van der Waals surface area contributed by atoms with Gasteiger partial charge in [0.15, 0.2) is 0 Å². The second-order valence-electron chi connectivity index (χ2n) is 5.65. The lowest BCUT2D eigenvalue weighted by Crippen LogP contribution is -2.32. The van der Waals surface area contributed by atoms with E-state index in [1.54, 1.807) is 24.5 Å². The quantitative estimate of drug-likeness (QED) is 0.875. The number of hydrogen-bond acceptors (Lipinski definition) is 3. The standard InChI is InChI=1S/C20H18N2O3/c1-3-10-22-18(19(23)21-15-8-6-5-7-9-15)11-16-14(4-2)12-25-13-17(16)20(22)24/h1,5-9,11-12H,4,10,13H2,2H3,(H,21,23). The molecule has 1 aromatic heterocycles. The van der Waals surface area contributed by atoms with E-state index in [0.29, 0.717) is 17.7 Å². The number of carbonyl (C=O) groups is 1. The smallest absolute Gasteiger partial charge is 0.272 e. The Labute approximate surface area is 145 Å². The largest absolute Gasteiger partial charge is 0.496 e. The van der Waals surface area contributed by atoms with Crippen LogP contribution in [0.5, 0.6) is 0 Å². The van der Waals surface area contributed by atoms with E-state index in [2.05, 4.69) is 11.2 Å².